The number of halogens is 1. The molecule has 6 nitrogen and oxygen atoms in total. The van der Waals surface area contributed by atoms with E-state index in [2.05, 4.69) is 31.1 Å². The Morgan fingerprint density at radius 2 is 2.31 bits per heavy atom. The lowest BCUT2D eigenvalue weighted by molar-refractivity contribution is 0.0517. The molecule has 0 aliphatic heterocycles. The summed E-state index contributed by atoms with van der Waals surface area (Å²) < 4.78 is 4.93. The lowest BCUT2D eigenvalue weighted by Crippen LogP contribution is -2.11. The number of carbonyl (C=O) groups is 1. The van der Waals surface area contributed by atoms with Crippen LogP contribution in [-0.2, 0) is 4.74 Å². The van der Waals surface area contributed by atoms with Crippen molar-refractivity contribution in [1.29, 1.82) is 0 Å². The van der Waals surface area contributed by atoms with Crippen molar-refractivity contribution in [2.24, 2.45) is 0 Å². The number of hydrogen-bond acceptors (Lipinski definition) is 6. The molecule has 0 bridgehead atoms. The number of nitrogens with zero attached hydrogens (tertiary/aromatic N) is 3. The second-order valence-electron chi connectivity index (χ2n) is 2.03. The first-order valence-electron chi connectivity index (χ1n) is 3.48. The normalized spacial score (nSPS) is 9.69. The zero-order valence-corrected chi connectivity index (χ0v) is 8.41. The first-order chi connectivity index (χ1) is 6.15. The van der Waals surface area contributed by atoms with Crippen molar-refractivity contribution in [3.8, 4) is 0 Å². The molecule has 2 N–H and O–H groups in total. The summed E-state index contributed by atoms with van der Waals surface area (Å²) in [4.78, 5) is 14.9. The van der Waals surface area contributed by atoms with Gasteiger partial charge in [0.2, 0.25) is 5.95 Å². The van der Waals surface area contributed by atoms with E-state index in [-0.39, 0.29) is 22.9 Å². The molecule has 0 spiro atoms. The van der Waals surface area contributed by atoms with E-state index >= 15 is 0 Å². The van der Waals surface area contributed by atoms with Gasteiger partial charge in [0.05, 0.1) is 6.61 Å². The molecule has 70 valence electrons. The molecule has 0 radical (unpaired) electrons. The lowest BCUT2D eigenvalue weighted by atomic mass is 10.5. The van der Waals surface area contributed by atoms with Crippen molar-refractivity contribution in [1.82, 2.24) is 15.2 Å². The number of hydrogen-bond donors (Lipinski definition) is 1. The predicted molar refractivity (Wildman–Crippen MR) is 47.9 cm³/mol. The van der Waals surface area contributed by atoms with Gasteiger partial charge in [0.15, 0.2) is 10.3 Å². The minimum atomic E-state index is -0.573. The Balaban J connectivity index is 2.99. The number of carbonyl (C=O) groups excluding carboxylic acids is 1. The van der Waals surface area contributed by atoms with Crippen molar-refractivity contribution in [3.05, 3.63) is 10.3 Å². The molecule has 1 rings (SSSR count). The summed E-state index contributed by atoms with van der Waals surface area (Å²) in [5, 5.41) is 7.00. The number of esters is 1. The van der Waals surface area contributed by atoms with E-state index in [9.17, 15) is 4.79 Å². The number of nitrogen functional groups attached to an aromatic ring is 1. The van der Waals surface area contributed by atoms with E-state index < -0.39 is 5.97 Å². The molecule has 0 atom stereocenters. The maximum atomic E-state index is 11.2. The van der Waals surface area contributed by atoms with Crippen LogP contribution < -0.4 is 5.73 Å². The molecule has 0 aliphatic rings. The average Bonchev–Trinajstić information content (AvgIpc) is 2.09. The third-order valence-electron chi connectivity index (χ3n) is 1.13. The van der Waals surface area contributed by atoms with Gasteiger partial charge in [-0.1, -0.05) is 0 Å². The molecule has 0 unspecified atom stereocenters. The first kappa shape index (κ1) is 9.85. The number of rotatable bonds is 2. The fraction of sp³-hybridized carbons (Fsp3) is 0.333. The maximum absolute atomic E-state index is 11.2. The molecule has 13 heavy (non-hydrogen) atoms. The molecule has 1 heterocycles. The van der Waals surface area contributed by atoms with Gasteiger partial charge in [-0.25, -0.2) is 9.78 Å². The van der Waals surface area contributed by atoms with Crippen LogP contribution in [-0.4, -0.2) is 27.8 Å². The van der Waals surface area contributed by atoms with Gasteiger partial charge < -0.3 is 10.5 Å². The SMILES string of the molecule is CCOC(=O)c1nc(N)nnc1Br. The van der Waals surface area contributed by atoms with Crippen molar-refractivity contribution in [2.75, 3.05) is 12.3 Å². The molecule has 1 aromatic heterocycles. The van der Waals surface area contributed by atoms with Crippen LogP contribution in [0.4, 0.5) is 5.95 Å². The van der Waals surface area contributed by atoms with Gasteiger partial charge >= 0.3 is 5.97 Å². The molecule has 0 aromatic carbocycles. The van der Waals surface area contributed by atoms with Gasteiger partial charge in [0.25, 0.3) is 0 Å². The van der Waals surface area contributed by atoms with E-state index in [1.54, 1.807) is 6.92 Å². The van der Waals surface area contributed by atoms with Crippen molar-refractivity contribution in [3.63, 3.8) is 0 Å². The minimum absolute atomic E-state index is 0.0364. The van der Waals surface area contributed by atoms with E-state index in [0.29, 0.717) is 0 Å². The van der Waals surface area contributed by atoms with Crippen LogP contribution in [0.2, 0.25) is 0 Å². The summed E-state index contributed by atoms with van der Waals surface area (Å²) in [5.41, 5.74) is 5.28. The summed E-state index contributed by atoms with van der Waals surface area (Å²) in [6.07, 6.45) is 0. The Labute approximate surface area is 82.6 Å². The maximum Gasteiger partial charge on any atom is 0.359 e. The number of nitrogens with two attached hydrogens (primary N) is 1. The second-order valence-corrected chi connectivity index (χ2v) is 2.78. The van der Waals surface area contributed by atoms with Crippen LogP contribution in [0, 0.1) is 0 Å². The fourth-order valence-corrected chi connectivity index (χ4v) is 0.985. The highest BCUT2D eigenvalue weighted by atomic mass is 79.9. The van der Waals surface area contributed by atoms with Gasteiger partial charge in [-0.15, -0.1) is 10.2 Å². The van der Waals surface area contributed by atoms with Crippen molar-refractivity contribution >= 4 is 27.8 Å². The van der Waals surface area contributed by atoms with Crippen LogP contribution in [0.1, 0.15) is 17.4 Å². The van der Waals surface area contributed by atoms with E-state index in [4.69, 9.17) is 10.5 Å². The Hall–Kier alpha value is -1.24. The Morgan fingerprint density at radius 3 is 2.92 bits per heavy atom. The topological polar surface area (TPSA) is 91.0 Å². The Morgan fingerprint density at radius 1 is 1.62 bits per heavy atom. The van der Waals surface area contributed by atoms with Crippen LogP contribution in [0.25, 0.3) is 0 Å². The number of aromatic nitrogens is 3. The van der Waals surface area contributed by atoms with Gasteiger partial charge in [-0.05, 0) is 22.9 Å². The molecule has 0 saturated carbocycles. The van der Waals surface area contributed by atoms with Crippen LogP contribution in [0.3, 0.4) is 0 Å². The number of anilines is 1. The molecule has 0 fully saturated rings. The van der Waals surface area contributed by atoms with Gasteiger partial charge in [0.1, 0.15) is 0 Å². The summed E-state index contributed by atoms with van der Waals surface area (Å²) >= 11 is 3.01. The van der Waals surface area contributed by atoms with Crippen molar-refractivity contribution in [2.45, 2.75) is 6.92 Å². The first-order valence-corrected chi connectivity index (χ1v) is 4.27. The minimum Gasteiger partial charge on any atom is -0.461 e. The molecule has 0 amide bonds. The smallest absolute Gasteiger partial charge is 0.359 e. The van der Waals surface area contributed by atoms with E-state index in [1.807, 2.05) is 0 Å². The van der Waals surface area contributed by atoms with Gasteiger partial charge in [0, 0.05) is 0 Å². The summed E-state index contributed by atoms with van der Waals surface area (Å²) in [6.45, 7) is 1.97. The van der Waals surface area contributed by atoms with Gasteiger partial charge in [-0.3, -0.25) is 0 Å². The second kappa shape index (κ2) is 4.13. The van der Waals surface area contributed by atoms with E-state index in [0.717, 1.165) is 0 Å². The lowest BCUT2D eigenvalue weighted by Gasteiger charge is -2.01. The van der Waals surface area contributed by atoms with Crippen LogP contribution in [0.15, 0.2) is 4.60 Å². The molecular formula is C6H7BrN4O2. The van der Waals surface area contributed by atoms with Gasteiger partial charge in [-0.2, -0.15) is 0 Å². The standard InChI is InChI=1S/C6H7BrN4O2/c1-2-13-5(12)3-4(7)10-11-6(8)9-3/h2H2,1H3,(H2,8,9,11). The zero-order valence-electron chi connectivity index (χ0n) is 6.82. The molecule has 7 heteroatoms. The molecule has 0 aliphatic carbocycles. The van der Waals surface area contributed by atoms with Crippen LogP contribution >= 0.6 is 15.9 Å². The third kappa shape index (κ3) is 2.35. The highest BCUT2D eigenvalue weighted by Crippen LogP contribution is 2.11. The number of ether oxygens (including phenoxy) is 1. The predicted octanol–water partition coefficient (Wildman–Crippen LogP) is 0.393. The molecule has 1 aromatic rings. The summed E-state index contributed by atoms with van der Waals surface area (Å²) in [5.74, 6) is -0.637. The molecule has 0 saturated heterocycles. The largest absolute Gasteiger partial charge is 0.461 e. The summed E-state index contributed by atoms with van der Waals surface area (Å²) in [7, 11) is 0. The van der Waals surface area contributed by atoms with E-state index in [1.165, 1.54) is 0 Å². The average molecular weight is 247 g/mol. The fourth-order valence-electron chi connectivity index (χ4n) is 0.655. The van der Waals surface area contributed by atoms with Crippen molar-refractivity contribution < 1.29 is 9.53 Å². The monoisotopic (exact) mass is 246 g/mol. The zero-order chi connectivity index (χ0) is 9.84. The Kier molecular flexibility index (Phi) is 3.13. The Bertz CT molecular complexity index is 330. The molecular weight excluding hydrogens is 240 g/mol. The third-order valence-corrected chi connectivity index (χ3v) is 1.66. The highest BCUT2D eigenvalue weighted by molar-refractivity contribution is 9.10. The van der Waals surface area contributed by atoms with Crippen LogP contribution in [0.5, 0.6) is 0 Å². The highest BCUT2D eigenvalue weighted by Gasteiger charge is 2.14. The quantitative estimate of drug-likeness (QED) is 0.760. The summed E-state index contributed by atoms with van der Waals surface area (Å²) in [6, 6.07) is 0.